The lowest BCUT2D eigenvalue weighted by atomic mass is 9.98. The number of nitrogens with zero attached hydrogens (tertiary/aromatic N) is 2. The van der Waals surface area contributed by atoms with Crippen molar-refractivity contribution in [1.82, 2.24) is 15.3 Å². The molecule has 0 aromatic rings. The fourth-order valence-corrected chi connectivity index (χ4v) is 4.90. The molecule has 0 unspecified atom stereocenters. The van der Waals surface area contributed by atoms with Crippen molar-refractivity contribution in [3.8, 4) is 0 Å². The van der Waals surface area contributed by atoms with E-state index < -0.39 is 28.5 Å². The van der Waals surface area contributed by atoms with Gasteiger partial charge in [-0.3, -0.25) is 14.8 Å². The molecule has 0 aliphatic carbocycles. The molecule has 0 spiro atoms. The van der Waals surface area contributed by atoms with Gasteiger partial charge >= 0.3 is 16.4 Å². The molecule has 0 aromatic heterocycles. The van der Waals surface area contributed by atoms with Gasteiger partial charge in [0.05, 0.1) is 12.1 Å². The Morgan fingerprint density at radius 1 is 1.28 bits per heavy atom. The zero-order valence-corrected chi connectivity index (χ0v) is 15.0. The van der Waals surface area contributed by atoms with Gasteiger partial charge in [0.15, 0.2) is 0 Å². The van der Waals surface area contributed by atoms with E-state index in [1.165, 1.54) is 4.90 Å². The number of rotatable bonds is 4. The van der Waals surface area contributed by atoms with E-state index in [1.54, 1.807) is 11.8 Å². The topological polar surface area (TPSA) is 140 Å². The number of fused-ring (bicyclic) bond motifs is 2. The lowest BCUT2D eigenvalue weighted by molar-refractivity contribution is -0.123. The molecule has 3 rings (SSSR count). The Labute approximate surface area is 149 Å². The van der Waals surface area contributed by atoms with E-state index in [1.807, 2.05) is 0 Å². The maximum Gasteiger partial charge on any atom is 0.418 e. The molecule has 140 valence electrons. The number of amides is 3. The molecule has 3 heterocycles. The summed E-state index contributed by atoms with van der Waals surface area (Å²) in [6.07, 6.45) is 2.35. The van der Waals surface area contributed by atoms with Crippen LogP contribution in [0, 0.1) is 11.3 Å². The number of hydrogen-bond acceptors (Lipinski definition) is 7. The Balaban J connectivity index is 1.63. The summed E-state index contributed by atoms with van der Waals surface area (Å²) in [6.45, 7) is 0.178. The Morgan fingerprint density at radius 3 is 2.60 bits per heavy atom. The predicted molar refractivity (Wildman–Crippen MR) is 89.3 cm³/mol. The van der Waals surface area contributed by atoms with Crippen LogP contribution < -0.4 is 5.32 Å². The van der Waals surface area contributed by atoms with Crippen molar-refractivity contribution in [2.45, 2.75) is 37.8 Å². The third-order valence-electron chi connectivity index (χ3n) is 4.68. The van der Waals surface area contributed by atoms with Crippen molar-refractivity contribution in [2.75, 3.05) is 18.1 Å². The van der Waals surface area contributed by atoms with Crippen LogP contribution in [-0.2, 0) is 19.5 Å². The van der Waals surface area contributed by atoms with E-state index in [0.29, 0.717) is 17.9 Å². The van der Waals surface area contributed by atoms with Gasteiger partial charge in [-0.05, 0) is 37.2 Å². The normalized spacial score (nSPS) is 27.5. The van der Waals surface area contributed by atoms with Crippen molar-refractivity contribution in [2.24, 2.45) is 5.92 Å². The van der Waals surface area contributed by atoms with Crippen molar-refractivity contribution < 1.29 is 26.8 Å². The first kappa shape index (κ1) is 18.4. The van der Waals surface area contributed by atoms with E-state index >= 15 is 0 Å². The van der Waals surface area contributed by atoms with Crippen molar-refractivity contribution >= 4 is 39.9 Å². The van der Waals surface area contributed by atoms with Crippen LogP contribution in [0.1, 0.15) is 25.7 Å². The number of urea groups is 1. The molecular formula is C13H20N4O6S2. The summed E-state index contributed by atoms with van der Waals surface area (Å²) in [5.41, 5.74) is 0. The lowest BCUT2D eigenvalue weighted by Crippen LogP contribution is -2.51. The van der Waals surface area contributed by atoms with E-state index in [-0.39, 0.29) is 24.2 Å². The zero-order chi connectivity index (χ0) is 18.2. The molecular weight excluding hydrogens is 372 g/mol. The van der Waals surface area contributed by atoms with Crippen LogP contribution in [0.15, 0.2) is 0 Å². The van der Waals surface area contributed by atoms with Crippen molar-refractivity contribution in [1.29, 1.82) is 5.41 Å². The van der Waals surface area contributed by atoms with Crippen LogP contribution in [0.5, 0.6) is 0 Å². The van der Waals surface area contributed by atoms with Crippen LogP contribution in [0.4, 0.5) is 4.79 Å². The third kappa shape index (κ3) is 4.07. The van der Waals surface area contributed by atoms with Crippen LogP contribution in [0.3, 0.4) is 0 Å². The second-order valence-corrected chi connectivity index (χ2v) is 8.53. The Kier molecular flexibility index (Phi) is 5.23. The number of hydrogen-bond donors (Lipinski definition) is 3. The number of carbonyl (C=O) groups is 2. The first-order chi connectivity index (χ1) is 11.8. The first-order valence-corrected chi connectivity index (χ1v) is 10.5. The number of carbonyl (C=O) groups excluding carboxylic acids is 2. The van der Waals surface area contributed by atoms with E-state index in [9.17, 15) is 18.0 Å². The summed E-state index contributed by atoms with van der Waals surface area (Å²) in [7, 11) is -4.80. The minimum Gasteiger partial charge on any atom is -0.313 e. The highest BCUT2D eigenvalue weighted by molar-refractivity contribution is 7.99. The molecule has 3 aliphatic rings. The third-order valence-corrected chi connectivity index (χ3v) is 6.08. The average Bonchev–Trinajstić information content (AvgIpc) is 2.79. The zero-order valence-electron chi connectivity index (χ0n) is 13.4. The van der Waals surface area contributed by atoms with Gasteiger partial charge in [-0.25, -0.2) is 4.79 Å². The van der Waals surface area contributed by atoms with E-state index in [2.05, 4.69) is 9.60 Å². The summed E-state index contributed by atoms with van der Waals surface area (Å²) in [4.78, 5) is 25.9. The molecule has 3 aliphatic heterocycles. The molecule has 25 heavy (non-hydrogen) atoms. The summed E-state index contributed by atoms with van der Waals surface area (Å²) in [6, 6.07) is -1.89. The molecule has 0 aromatic carbocycles. The quantitative estimate of drug-likeness (QED) is 0.353. The molecule has 3 saturated heterocycles. The predicted octanol–water partition coefficient (Wildman–Crippen LogP) is 0.226. The summed E-state index contributed by atoms with van der Waals surface area (Å²) >= 11 is 1.80. The minimum absolute atomic E-state index is 0.0660. The molecule has 12 heteroatoms. The van der Waals surface area contributed by atoms with Crippen LogP contribution >= 0.6 is 11.8 Å². The molecule has 2 bridgehead atoms. The van der Waals surface area contributed by atoms with Crippen molar-refractivity contribution in [3.05, 3.63) is 0 Å². The lowest BCUT2D eigenvalue weighted by Gasteiger charge is -2.31. The fraction of sp³-hybridized carbons (Fsp3) is 0.769. The second-order valence-electron chi connectivity index (χ2n) is 6.30. The SMILES string of the molecule is N=C(NC(=O)C1CCSCC1)[C@@H]1CC[C@@H]2CN1C(=O)N2OS(=O)(=O)O. The number of thioether (sulfide) groups is 1. The van der Waals surface area contributed by atoms with E-state index in [0.717, 1.165) is 24.3 Å². The second kappa shape index (κ2) is 7.09. The highest BCUT2D eigenvalue weighted by Gasteiger charge is 2.48. The molecule has 2 atom stereocenters. The molecule has 10 nitrogen and oxygen atoms in total. The smallest absolute Gasteiger partial charge is 0.313 e. The maximum absolute atomic E-state index is 12.3. The maximum atomic E-state index is 12.3. The summed E-state index contributed by atoms with van der Waals surface area (Å²) in [5.74, 6) is 1.45. The first-order valence-electron chi connectivity index (χ1n) is 8.00. The molecule has 3 N–H and O–H groups in total. The highest BCUT2D eigenvalue weighted by Crippen LogP contribution is 2.31. The van der Waals surface area contributed by atoms with Crippen LogP contribution in [0.25, 0.3) is 0 Å². The molecule has 0 saturated carbocycles. The van der Waals surface area contributed by atoms with Crippen LogP contribution in [-0.4, -0.2) is 70.8 Å². The van der Waals surface area contributed by atoms with Gasteiger partial charge < -0.3 is 10.2 Å². The van der Waals surface area contributed by atoms with Crippen molar-refractivity contribution in [3.63, 3.8) is 0 Å². The average molecular weight is 392 g/mol. The molecule has 3 fully saturated rings. The Morgan fingerprint density at radius 2 is 1.96 bits per heavy atom. The number of nitrogens with one attached hydrogen (secondary N) is 2. The van der Waals surface area contributed by atoms with Gasteiger partial charge in [-0.2, -0.15) is 25.2 Å². The monoisotopic (exact) mass is 392 g/mol. The minimum atomic E-state index is -4.80. The van der Waals surface area contributed by atoms with Gasteiger partial charge in [0.2, 0.25) is 5.91 Å². The standard InChI is InChI=1S/C13H20N4O6S2/c14-11(15-12(18)8-3-5-24-6-4-8)10-2-1-9-7-16(10)13(19)17(9)23-25(20,21)22/h8-10H,1-7H2,(H2,14,15,18)(H,20,21,22)/t9-,10+/m1/s1. The van der Waals surface area contributed by atoms with Gasteiger partial charge in [0.25, 0.3) is 0 Å². The van der Waals surface area contributed by atoms with Crippen LogP contribution in [0.2, 0.25) is 0 Å². The molecule has 0 radical (unpaired) electrons. The summed E-state index contributed by atoms with van der Waals surface area (Å²) < 4.78 is 34.9. The largest absolute Gasteiger partial charge is 0.418 e. The number of amidine groups is 1. The van der Waals surface area contributed by atoms with Gasteiger partial charge in [0.1, 0.15) is 5.84 Å². The van der Waals surface area contributed by atoms with Gasteiger partial charge in [0, 0.05) is 12.5 Å². The number of hydroxylamine groups is 2. The van der Waals surface area contributed by atoms with Gasteiger partial charge in [-0.1, -0.05) is 0 Å². The number of piperidine rings is 1. The Hall–Kier alpha value is -1.37. The Bertz CT molecular complexity index is 678. The highest BCUT2D eigenvalue weighted by atomic mass is 32.3. The van der Waals surface area contributed by atoms with E-state index in [4.69, 9.17) is 9.96 Å². The summed E-state index contributed by atoms with van der Waals surface area (Å²) in [5, 5.41) is 11.4. The fourth-order valence-electron chi connectivity index (χ4n) is 3.41. The molecule has 3 amide bonds. The van der Waals surface area contributed by atoms with Gasteiger partial charge in [-0.15, -0.1) is 4.28 Å².